The third-order valence-electron chi connectivity index (χ3n) is 3.46. The van der Waals surface area contributed by atoms with Crippen molar-refractivity contribution in [3.8, 4) is 11.5 Å². The second-order valence-electron chi connectivity index (χ2n) is 5.06. The second kappa shape index (κ2) is 6.39. The predicted molar refractivity (Wildman–Crippen MR) is 82.1 cm³/mol. The SMILES string of the molecule is O=C(O)c1ccccc1C(=O)NC[C@@H]1COc2ccccc2O1. The topological polar surface area (TPSA) is 84.9 Å². The average Bonchev–Trinajstić information content (AvgIpc) is 2.59. The number of nitrogens with one attached hydrogen (secondary N) is 1. The largest absolute Gasteiger partial charge is 0.486 e. The summed E-state index contributed by atoms with van der Waals surface area (Å²) < 4.78 is 11.3. The predicted octanol–water partition coefficient (Wildman–Crippen LogP) is 1.95. The number of hydrogen-bond donors (Lipinski definition) is 2. The van der Waals surface area contributed by atoms with E-state index in [4.69, 9.17) is 14.6 Å². The number of carboxylic acid groups (broad SMARTS) is 1. The van der Waals surface area contributed by atoms with E-state index in [0.717, 1.165) is 0 Å². The molecule has 0 spiro atoms. The smallest absolute Gasteiger partial charge is 0.336 e. The number of carboxylic acids is 1. The fourth-order valence-corrected chi connectivity index (χ4v) is 2.33. The Morgan fingerprint density at radius 3 is 2.43 bits per heavy atom. The normalized spacial score (nSPS) is 15.7. The van der Waals surface area contributed by atoms with Gasteiger partial charge in [0, 0.05) is 0 Å². The van der Waals surface area contributed by atoms with E-state index < -0.39 is 11.9 Å². The van der Waals surface area contributed by atoms with E-state index in [2.05, 4.69) is 5.32 Å². The zero-order chi connectivity index (χ0) is 16.2. The third-order valence-corrected chi connectivity index (χ3v) is 3.46. The molecule has 0 aromatic heterocycles. The Kier molecular flexibility index (Phi) is 4.14. The summed E-state index contributed by atoms with van der Waals surface area (Å²) in [6.45, 7) is 0.541. The summed E-state index contributed by atoms with van der Waals surface area (Å²) in [6.07, 6.45) is -0.328. The van der Waals surface area contributed by atoms with Crippen LogP contribution in [0.4, 0.5) is 0 Å². The average molecular weight is 313 g/mol. The monoisotopic (exact) mass is 313 g/mol. The van der Waals surface area contributed by atoms with Crippen LogP contribution in [0.15, 0.2) is 48.5 Å². The molecule has 118 valence electrons. The summed E-state index contributed by atoms with van der Waals surface area (Å²) in [5.74, 6) is -0.289. The Bertz CT molecular complexity index is 743. The number of rotatable bonds is 4. The fourth-order valence-electron chi connectivity index (χ4n) is 2.33. The number of fused-ring (bicyclic) bond motifs is 1. The van der Waals surface area contributed by atoms with Gasteiger partial charge in [0.25, 0.3) is 5.91 Å². The zero-order valence-corrected chi connectivity index (χ0v) is 12.2. The first-order valence-electron chi connectivity index (χ1n) is 7.14. The minimum absolute atomic E-state index is 0.0313. The highest BCUT2D eigenvalue weighted by Gasteiger charge is 2.22. The van der Waals surface area contributed by atoms with Crippen LogP contribution in [-0.4, -0.2) is 36.2 Å². The van der Waals surface area contributed by atoms with Gasteiger partial charge >= 0.3 is 5.97 Å². The molecule has 0 saturated carbocycles. The molecule has 0 radical (unpaired) electrons. The Balaban J connectivity index is 1.63. The molecular weight excluding hydrogens is 298 g/mol. The Morgan fingerprint density at radius 2 is 1.70 bits per heavy atom. The lowest BCUT2D eigenvalue weighted by atomic mass is 10.1. The van der Waals surface area contributed by atoms with Crippen LogP contribution in [0.3, 0.4) is 0 Å². The molecule has 6 heteroatoms. The van der Waals surface area contributed by atoms with Gasteiger partial charge in [0.05, 0.1) is 17.7 Å². The fraction of sp³-hybridized carbons (Fsp3) is 0.176. The summed E-state index contributed by atoms with van der Waals surface area (Å²) in [4.78, 5) is 23.3. The Hall–Kier alpha value is -3.02. The first kappa shape index (κ1) is 14.9. The van der Waals surface area contributed by atoms with Gasteiger partial charge in [-0.25, -0.2) is 4.79 Å². The lowest BCUT2D eigenvalue weighted by molar-refractivity contribution is 0.0687. The number of ether oxygens (including phenoxy) is 2. The molecule has 2 N–H and O–H groups in total. The molecule has 0 fully saturated rings. The van der Waals surface area contributed by atoms with Crippen molar-refractivity contribution < 1.29 is 24.2 Å². The quantitative estimate of drug-likeness (QED) is 0.901. The van der Waals surface area contributed by atoms with Crippen LogP contribution >= 0.6 is 0 Å². The Morgan fingerprint density at radius 1 is 1.04 bits per heavy atom. The molecular formula is C17H15NO5. The zero-order valence-electron chi connectivity index (χ0n) is 12.2. The van der Waals surface area contributed by atoms with Gasteiger partial charge in [-0.1, -0.05) is 24.3 Å². The summed E-state index contributed by atoms with van der Waals surface area (Å²) in [5.41, 5.74) is 0.0910. The van der Waals surface area contributed by atoms with Crippen LogP contribution in [0.1, 0.15) is 20.7 Å². The van der Waals surface area contributed by atoms with Crippen molar-refractivity contribution in [1.82, 2.24) is 5.32 Å². The maximum absolute atomic E-state index is 12.2. The molecule has 1 aliphatic rings. The van der Waals surface area contributed by atoms with Crippen LogP contribution < -0.4 is 14.8 Å². The number of amides is 1. The lowest BCUT2D eigenvalue weighted by Crippen LogP contribution is -2.41. The van der Waals surface area contributed by atoms with Crippen LogP contribution in [0, 0.1) is 0 Å². The Labute approximate surface area is 132 Å². The maximum atomic E-state index is 12.2. The number of carbonyl (C=O) groups excluding carboxylic acids is 1. The molecule has 3 rings (SSSR count). The molecule has 2 aromatic rings. The molecule has 1 heterocycles. The highest BCUT2D eigenvalue weighted by molar-refractivity contribution is 6.04. The first-order chi connectivity index (χ1) is 11.1. The minimum atomic E-state index is -1.14. The van der Waals surface area contributed by atoms with Crippen molar-refractivity contribution in [1.29, 1.82) is 0 Å². The van der Waals surface area contributed by atoms with Crippen molar-refractivity contribution in [3.05, 3.63) is 59.7 Å². The number of aromatic carboxylic acids is 1. The van der Waals surface area contributed by atoms with Gasteiger partial charge in [0.15, 0.2) is 11.5 Å². The van der Waals surface area contributed by atoms with Gasteiger partial charge in [0.2, 0.25) is 0 Å². The molecule has 0 unspecified atom stereocenters. The van der Waals surface area contributed by atoms with Crippen molar-refractivity contribution in [2.45, 2.75) is 6.10 Å². The van der Waals surface area contributed by atoms with Crippen LogP contribution in [-0.2, 0) is 0 Å². The molecule has 1 amide bonds. The van der Waals surface area contributed by atoms with Gasteiger partial charge in [-0.3, -0.25) is 4.79 Å². The molecule has 1 atom stereocenters. The van der Waals surface area contributed by atoms with Gasteiger partial charge in [-0.15, -0.1) is 0 Å². The summed E-state index contributed by atoms with van der Waals surface area (Å²) >= 11 is 0. The third kappa shape index (κ3) is 3.26. The van der Waals surface area contributed by atoms with Crippen LogP contribution in [0.2, 0.25) is 0 Å². The van der Waals surface area contributed by atoms with E-state index >= 15 is 0 Å². The van der Waals surface area contributed by atoms with Gasteiger partial charge in [0.1, 0.15) is 12.7 Å². The minimum Gasteiger partial charge on any atom is -0.486 e. The van der Waals surface area contributed by atoms with Crippen molar-refractivity contribution >= 4 is 11.9 Å². The summed E-state index contributed by atoms with van der Waals surface area (Å²) in [7, 11) is 0. The van der Waals surface area contributed by atoms with Crippen molar-refractivity contribution in [2.24, 2.45) is 0 Å². The molecule has 2 aromatic carbocycles. The highest BCUT2D eigenvalue weighted by atomic mass is 16.6. The van der Waals surface area contributed by atoms with Crippen LogP contribution in [0.25, 0.3) is 0 Å². The van der Waals surface area contributed by atoms with E-state index in [1.807, 2.05) is 18.2 Å². The maximum Gasteiger partial charge on any atom is 0.336 e. The van der Waals surface area contributed by atoms with E-state index in [9.17, 15) is 9.59 Å². The van der Waals surface area contributed by atoms with E-state index in [1.165, 1.54) is 12.1 Å². The van der Waals surface area contributed by atoms with Crippen LogP contribution in [0.5, 0.6) is 11.5 Å². The number of hydrogen-bond acceptors (Lipinski definition) is 4. The standard InChI is InChI=1S/C17H15NO5/c19-16(12-5-1-2-6-13(12)17(20)21)18-9-11-10-22-14-7-3-4-8-15(14)23-11/h1-8,11H,9-10H2,(H,18,19)(H,20,21)/t11-/m1/s1. The number of benzene rings is 2. The lowest BCUT2D eigenvalue weighted by Gasteiger charge is -2.26. The summed E-state index contributed by atoms with van der Waals surface area (Å²) in [5, 5.41) is 11.8. The van der Waals surface area contributed by atoms with Crippen molar-refractivity contribution in [3.63, 3.8) is 0 Å². The van der Waals surface area contributed by atoms with E-state index in [-0.39, 0.29) is 23.8 Å². The number of para-hydroxylation sites is 2. The van der Waals surface area contributed by atoms with E-state index in [0.29, 0.717) is 18.1 Å². The molecule has 0 bridgehead atoms. The number of carbonyl (C=O) groups is 2. The molecule has 0 aliphatic carbocycles. The second-order valence-corrected chi connectivity index (χ2v) is 5.06. The molecule has 6 nitrogen and oxygen atoms in total. The molecule has 1 aliphatic heterocycles. The van der Waals surface area contributed by atoms with Gasteiger partial charge in [-0.05, 0) is 24.3 Å². The molecule has 0 saturated heterocycles. The summed E-state index contributed by atoms with van der Waals surface area (Å²) in [6, 6.07) is 13.4. The molecule has 23 heavy (non-hydrogen) atoms. The highest BCUT2D eigenvalue weighted by Crippen LogP contribution is 2.30. The van der Waals surface area contributed by atoms with Gasteiger partial charge in [-0.2, -0.15) is 0 Å². The van der Waals surface area contributed by atoms with E-state index in [1.54, 1.807) is 18.2 Å². The first-order valence-corrected chi connectivity index (χ1v) is 7.14. The van der Waals surface area contributed by atoms with Crippen molar-refractivity contribution in [2.75, 3.05) is 13.2 Å². The van der Waals surface area contributed by atoms with Gasteiger partial charge < -0.3 is 19.9 Å².